The van der Waals surface area contributed by atoms with Crippen LogP contribution in [0.5, 0.6) is 0 Å². The van der Waals surface area contributed by atoms with Gasteiger partial charge in [-0.3, -0.25) is 15.0 Å². The highest BCUT2D eigenvalue weighted by Crippen LogP contribution is 2.15. The topological polar surface area (TPSA) is 102 Å². The lowest BCUT2D eigenvalue weighted by atomic mass is 10.2. The second kappa shape index (κ2) is 7.04. The van der Waals surface area contributed by atoms with E-state index in [1.807, 2.05) is 13.0 Å². The van der Waals surface area contributed by atoms with Crippen LogP contribution in [0.25, 0.3) is 0 Å². The number of hydrogen-bond donors (Lipinski definition) is 2. The van der Waals surface area contributed by atoms with Crippen molar-refractivity contribution in [2.75, 3.05) is 11.4 Å². The fourth-order valence-electron chi connectivity index (χ4n) is 1.93. The van der Waals surface area contributed by atoms with Crippen molar-refractivity contribution in [2.45, 2.75) is 13.3 Å². The number of carbonyl (C=O) groups excluding carboxylic acids is 2. The number of nitrogens with zero attached hydrogens (tertiary/aromatic N) is 3. The van der Waals surface area contributed by atoms with E-state index in [1.165, 1.54) is 11.2 Å². The third kappa shape index (κ3) is 3.30. The lowest BCUT2D eigenvalue weighted by molar-refractivity contribution is 0.0965. The monoisotopic (exact) mass is 297 g/mol. The number of urea groups is 1. The van der Waals surface area contributed by atoms with E-state index in [-0.39, 0.29) is 11.5 Å². The Kier molecular flexibility index (Phi) is 4.88. The first-order valence-electron chi connectivity index (χ1n) is 6.78. The van der Waals surface area contributed by atoms with Crippen LogP contribution in [-0.4, -0.2) is 28.5 Å². The minimum Gasteiger partial charge on any atom is -0.335 e. The molecular weight excluding hydrogens is 282 g/mol. The lowest BCUT2D eigenvalue weighted by Crippen LogP contribution is -2.44. The molecule has 0 unspecified atom stereocenters. The maximum atomic E-state index is 12.3. The third-order valence-electron chi connectivity index (χ3n) is 2.94. The zero-order chi connectivity index (χ0) is 15.9. The fourth-order valence-corrected chi connectivity index (χ4v) is 1.93. The van der Waals surface area contributed by atoms with E-state index in [0.29, 0.717) is 18.5 Å². The smallest absolute Gasteiger partial charge is 0.330 e. The summed E-state index contributed by atoms with van der Waals surface area (Å²) in [6, 6.07) is 9.75. The summed E-state index contributed by atoms with van der Waals surface area (Å²) in [6.07, 6.45) is 1.99. The number of rotatable bonds is 4. The predicted molar refractivity (Wildman–Crippen MR) is 80.2 cm³/mol. The first-order chi connectivity index (χ1) is 10.7. The van der Waals surface area contributed by atoms with Gasteiger partial charge in [-0.05, 0) is 18.6 Å². The number of carbonyl (C=O) groups is 2. The number of hydrogen-bond acceptors (Lipinski definition) is 4. The number of aromatic amines is 1. The highest BCUT2D eigenvalue weighted by Gasteiger charge is 2.22. The van der Waals surface area contributed by atoms with Crippen LogP contribution in [0.4, 0.5) is 10.6 Å². The van der Waals surface area contributed by atoms with Gasteiger partial charge in [-0.1, -0.05) is 25.1 Å². The Morgan fingerprint density at radius 3 is 2.73 bits per heavy atom. The second-order valence-electron chi connectivity index (χ2n) is 4.49. The van der Waals surface area contributed by atoms with Crippen LogP contribution in [0.3, 0.4) is 0 Å². The molecule has 0 spiro atoms. The first kappa shape index (κ1) is 15.3. The second-order valence-corrected chi connectivity index (χ2v) is 4.49. The largest absolute Gasteiger partial charge is 0.335 e. The predicted octanol–water partition coefficient (Wildman–Crippen LogP) is 2.05. The van der Waals surface area contributed by atoms with Crippen molar-refractivity contribution in [3.05, 3.63) is 47.9 Å². The summed E-state index contributed by atoms with van der Waals surface area (Å²) < 4.78 is 0. The molecule has 0 bridgehead atoms. The molecule has 1 aromatic heterocycles. The summed E-state index contributed by atoms with van der Waals surface area (Å²) in [5.74, 6) is -0.288. The Labute approximate surface area is 127 Å². The zero-order valence-electron chi connectivity index (χ0n) is 12.0. The Morgan fingerprint density at radius 1 is 1.36 bits per heavy atom. The van der Waals surface area contributed by atoms with Crippen LogP contribution in [-0.2, 0) is 0 Å². The molecule has 0 saturated heterocycles. The number of aromatic nitrogens is 2. The Bertz CT molecular complexity index is 702. The molecular formula is C15H15N5O2. The molecule has 2 aromatic rings. The third-order valence-corrected chi connectivity index (χ3v) is 2.94. The molecule has 7 nitrogen and oxygen atoms in total. The van der Waals surface area contributed by atoms with Crippen molar-refractivity contribution < 1.29 is 9.59 Å². The van der Waals surface area contributed by atoms with Crippen LogP contribution in [0.15, 0.2) is 36.7 Å². The Morgan fingerprint density at radius 2 is 2.09 bits per heavy atom. The molecule has 0 atom stereocenters. The number of imidazole rings is 1. The molecule has 0 fully saturated rings. The molecule has 22 heavy (non-hydrogen) atoms. The molecule has 0 aliphatic carbocycles. The molecule has 0 aliphatic rings. The summed E-state index contributed by atoms with van der Waals surface area (Å²) in [4.78, 5) is 32.3. The number of H-pyrrole nitrogens is 1. The van der Waals surface area contributed by atoms with E-state index in [2.05, 4.69) is 15.3 Å². The summed E-state index contributed by atoms with van der Waals surface area (Å²) in [5.41, 5.74) is 0.561. The molecule has 3 amide bonds. The summed E-state index contributed by atoms with van der Waals surface area (Å²) >= 11 is 0. The van der Waals surface area contributed by atoms with Crippen LogP contribution in [0, 0.1) is 11.3 Å². The molecule has 0 radical (unpaired) electrons. The Balaban J connectivity index is 2.17. The van der Waals surface area contributed by atoms with Gasteiger partial charge in [0.1, 0.15) is 6.07 Å². The quantitative estimate of drug-likeness (QED) is 0.901. The van der Waals surface area contributed by atoms with Crippen molar-refractivity contribution in [1.29, 1.82) is 5.26 Å². The van der Waals surface area contributed by atoms with Gasteiger partial charge in [0.25, 0.3) is 5.91 Å². The number of imide groups is 1. The standard InChI is InChI=1S/C15H15N5O2/c1-2-8-20(13-12(9-16)17-10-18-13)15(22)19-14(21)11-6-4-3-5-7-11/h3-7,10H,2,8H2,1H3,(H,17,18)(H,19,21,22). The van der Waals surface area contributed by atoms with E-state index in [9.17, 15) is 9.59 Å². The summed E-state index contributed by atoms with van der Waals surface area (Å²) in [5, 5.41) is 11.3. The van der Waals surface area contributed by atoms with Crippen molar-refractivity contribution >= 4 is 17.8 Å². The maximum absolute atomic E-state index is 12.3. The van der Waals surface area contributed by atoms with Gasteiger partial charge >= 0.3 is 6.03 Å². The average Bonchev–Trinajstić information content (AvgIpc) is 3.01. The molecule has 1 heterocycles. The molecule has 2 rings (SSSR count). The number of nitrogens with one attached hydrogen (secondary N) is 2. The fraction of sp³-hybridized carbons (Fsp3) is 0.200. The van der Waals surface area contributed by atoms with Gasteiger partial charge in [-0.15, -0.1) is 0 Å². The highest BCUT2D eigenvalue weighted by molar-refractivity contribution is 6.08. The van der Waals surface area contributed by atoms with Crippen LogP contribution in [0.1, 0.15) is 29.4 Å². The zero-order valence-corrected chi connectivity index (χ0v) is 12.0. The summed E-state index contributed by atoms with van der Waals surface area (Å²) in [7, 11) is 0. The van der Waals surface area contributed by atoms with Gasteiger partial charge in [0.15, 0.2) is 11.5 Å². The number of anilines is 1. The molecule has 1 aromatic carbocycles. The highest BCUT2D eigenvalue weighted by atomic mass is 16.2. The lowest BCUT2D eigenvalue weighted by Gasteiger charge is -2.20. The van der Waals surface area contributed by atoms with Gasteiger partial charge in [0, 0.05) is 12.1 Å². The van der Waals surface area contributed by atoms with Gasteiger partial charge in [0.05, 0.1) is 6.33 Å². The van der Waals surface area contributed by atoms with E-state index in [4.69, 9.17) is 5.26 Å². The van der Waals surface area contributed by atoms with E-state index < -0.39 is 11.9 Å². The normalized spacial score (nSPS) is 9.82. The van der Waals surface area contributed by atoms with Crippen molar-refractivity contribution in [3.8, 4) is 6.07 Å². The van der Waals surface area contributed by atoms with Crippen LogP contribution >= 0.6 is 0 Å². The average molecular weight is 297 g/mol. The van der Waals surface area contributed by atoms with Gasteiger partial charge in [-0.25, -0.2) is 9.78 Å². The van der Waals surface area contributed by atoms with E-state index in [0.717, 1.165) is 0 Å². The number of benzene rings is 1. The summed E-state index contributed by atoms with van der Waals surface area (Å²) in [6.45, 7) is 2.23. The minimum absolute atomic E-state index is 0.177. The first-order valence-corrected chi connectivity index (χ1v) is 6.78. The van der Waals surface area contributed by atoms with Crippen LogP contribution < -0.4 is 10.2 Å². The van der Waals surface area contributed by atoms with Crippen molar-refractivity contribution in [1.82, 2.24) is 15.3 Å². The van der Waals surface area contributed by atoms with Crippen molar-refractivity contribution in [2.24, 2.45) is 0 Å². The Hall–Kier alpha value is -3.14. The molecule has 0 saturated carbocycles. The molecule has 7 heteroatoms. The molecule has 112 valence electrons. The van der Waals surface area contributed by atoms with Gasteiger partial charge < -0.3 is 4.98 Å². The number of amides is 3. The molecule has 0 aliphatic heterocycles. The van der Waals surface area contributed by atoms with Gasteiger partial charge in [-0.2, -0.15) is 5.26 Å². The maximum Gasteiger partial charge on any atom is 0.330 e. The molecule has 2 N–H and O–H groups in total. The van der Waals surface area contributed by atoms with Crippen LogP contribution in [0.2, 0.25) is 0 Å². The van der Waals surface area contributed by atoms with E-state index >= 15 is 0 Å². The number of nitriles is 1. The van der Waals surface area contributed by atoms with Crippen molar-refractivity contribution in [3.63, 3.8) is 0 Å². The minimum atomic E-state index is -0.612. The SMILES string of the molecule is CCCN(C(=O)NC(=O)c1ccccc1)c1nc[nH]c1C#N. The van der Waals surface area contributed by atoms with E-state index in [1.54, 1.807) is 30.3 Å². The van der Waals surface area contributed by atoms with Gasteiger partial charge in [0.2, 0.25) is 0 Å².